The van der Waals surface area contributed by atoms with Crippen molar-refractivity contribution in [2.45, 2.75) is 39.8 Å². The molecule has 1 rings (SSSR count). The van der Waals surface area contributed by atoms with Gasteiger partial charge < -0.3 is 15.4 Å². The average Bonchev–Trinajstić information content (AvgIpc) is 2.27. The van der Waals surface area contributed by atoms with Crippen LogP contribution in [0.5, 0.6) is 5.75 Å². The number of nitrogens with zero attached hydrogens (tertiary/aromatic N) is 1. The van der Waals surface area contributed by atoms with E-state index < -0.39 is 0 Å². The lowest BCUT2D eigenvalue weighted by Crippen LogP contribution is -2.36. The number of hydrogen-bond donors (Lipinski definition) is 2. The number of benzene rings is 1. The number of para-hydroxylation sites is 2. The van der Waals surface area contributed by atoms with E-state index in [9.17, 15) is 0 Å². The van der Waals surface area contributed by atoms with Crippen molar-refractivity contribution < 1.29 is 4.74 Å². The Bertz CT molecular complexity index is 400. The highest BCUT2D eigenvalue weighted by atomic mass is 16.5. The van der Waals surface area contributed by atoms with Crippen LogP contribution in [-0.4, -0.2) is 25.2 Å². The smallest absolute Gasteiger partial charge is 0.196 e. The molecule has 0 aromatic heterocycles. The second kappa shape index (κ2) is 6.89. The third kappa shape index (κ3) is 4.65. The van der Waals surface area contributed by atoms with Crippen molar-refractivity contribution in [3.63, 3.8) is 0 Å². The number of rotatable bonds is 4. The Hall–Kier alpha value is -1.71. The minimum atomic E-state index is 0.230. The molecule has 2 N–H and O–H groups in total. The topological polar surface area (TPSA) is 45.6 Å². The summed E-state index contributed by atoms with van der Waals surface area (Å²) in [7, 11) is 1.66. The molecule has 0 fully saturated rings. The fraction of sp³-hybridized carbons (Fsp3) is 0.500. The summed E-state index contributed by atoms with van der Waals surface area (Å²) < 4.78 is 5.31. The summed E-state index contributed by atoms with van der Waals surface area (Å²) in [6, 6.07) is 8.35. The van der Waals surface area contributed by atoms with Gasteiger partial charge in [0.1, 0.15) is 5.75 Å². The third-order valence-electron chi connectivity index (χ3n) is 2.17. The van der Waals surface area contributed by atoms with Crippen LogP contribution in [0.1, 0.15) is 27.7 Å². The van der Waals surface area contributed by atoms with Crippen molar-refractivity contribution in [2.24, 2.45) is 4.99 Å². The van der Waals surface area contributed by atoms with Gasteiger partial charge in [-0.25, -0.2) is 0 Å². The summed E-state index contributed by atoms with van der Waals surface area (Å²) >= 11 is 0. The molecule has 0 saturated heterocycles. The highest BCUT2D eigenvalue weighted by molar-refractivity contribution is 5.95. The Morgan fingerprint density at radius 1 is 1.17 bits per heavy atom. The fourth-order valence-corrected chi connectivity index (χ4v) is 1.51. The van der Waals surface area contributed by atoms with Crippen molar-refractivity contribution in [1.29, 1.82) is 0 Å². The number of aliphatic imine (C=N–C) groups is 1. The van der Waals surface area contributed by atoms with Gasteiger partial charge in [-0.15, -0.1) is 0 Å². The maximum Gasteiger partial charge on any atom is 0.196 e. The summed E-state index contributed by atoms with van der Waals surface area (Å²) in [6.07, 6.45) is 0. The van der Waals surface area contributed by atoms with Crippen LogP contribution < -0.4 is 15.4 Å². The van der Waals surface area contributed by atoms with Crippen LogP contribution in [0.2, 0.25) is 0 Å². The number of anilines is 1. The Morgan fingerprint density at radius 3 is 2.39 bits per heavy atom. The first kappa shape index (κ1) is 14.4. The van der Waals surface area contributed by atoms with Crippen LogP contribution in [0, 0.1) is 0 Å². The molecule has 4 nitrogen and oxygen atoms in total. The lowest BCUT2D eigenvalue weighted by atomic mass is 10.3. The molecule has 0 amide bonds. The molecule has 0 aliphatic heterocycles. The molecule has 4 heteroatoms. The molecule has 0 atom stereocenters. The van der Waals surface area contributed by atoms with Gasteiger partial charge in [-0.3, -0.25) is 4.99 Å². The van der Waals surface area contributed by atoms with E-state index in [-0.39, 0.29) is 6.04 Å². The molecule has 18 heavy (non-hydrogen) atoms. The molecule has 0 radical (unpaired) electrons. The molecule has 0 saturated carbocycles. The van der Waals surface area contributed by atoms with Crippen molar-refractivity contribution in [1.82, 2.24) is 5.32 Å². The predicted molar refractivity (Wildman–Crippen MR) is 77.5 cm³/mol. The number of hydrogen-bond acceptors (Lipinski definition) is 2. The maximum atomic E-state index is 5.31. The lowest BCUT2D eigenvalue weighted by molar-refractivity contribution is 0.417. The minimum absolute atomic E-state index is 0.230. The second-order valence-corrected chi connectivity index (χ2v) is 4.70. The molecule has 0 unspecified atom stereocenters. The fourth-order valence-electron chi connectivity index (χ4n) is 1.51. The molecule has 1 aromatic carbocycles. The zero-order valence-electron chi connectivity index (χ0n) is 11.8. The lowest BCUT2D eigenvalue weighted by Gasteiger charge is -2.17. The standard InChI is InChI=1S/C14H23N3O/c1-10(2)15-14(16-11(3)4)17-12-8-6-7-9-13(12)18-5/h6-11H,1-5H3,(H2,15,16,17). The van der Waals surface area contributed by atoms with Gasteiger partial charge in [0.2, 0.25) is 0 Å². The summed E-state index contributed by atoms with van der Waals surface area (Å²) in [5, 5.41) is 6.57. The molecule has 0 heterocycles. The van der Waals surface area contributed by atoms with Gasteiger partial charge in [-0.1, -0.05) is 12.1 Å². The largest absolute Gasteiger partial charge is 0.495 e. The van der Waals surface area contributed by atoms with Crippen LogP contribution >= 0.6 is 0 Å². The van der Waals surface area contributed by atoms with Gasteiger partial charge in [-0.2, -0.15) is 0 Å². The highest BCUT2D eigenvalue weighted by Gasteiger charge is 2.06. The number of methoxy groups -OCH3 is 1. The van der Waals surface area contributed by atoms with Crippen molar-refractivity contribution in [2.75, 3.05) is 12.4 Å². The molecule has 0 bridgehead atoms. The van der Waals surface area contributed by atoms with Crippen LogP contribution in [0.3, 0.4) is 0 Å². The van der Waals surface area contributed by atoms with Gasteiger partial charge in [0.15, 0.2) is 5.96 Å². The van der Waals surface area contributed by atoms with Gasteiger partial charge in [0.25, 0.3) is 0 Å². The van der Waals surface area contributed by atoms with E-state index in [1.807, 2.05) is 38.1 Å². The summed E-state index contributed by atoms with van der Waals surface area (Å²) in [6.45, 7) is 8.26. The number of guanidine groups is 1. The first-order chi connectivity index (χ1) is 8.52. The van der Waals surface area contributed by atoms with Gasteiger partial charge >= 0.3 is 0 Å². The second-order valence-electron chi connectivity index (χ2n) is 4.70. The van der Waals surface area contributed by atoms with E-state index in [2.05, 4.69) is 29.5 Å². The Morgan fingerprint density at radius 2 is 1.83 bits per heavy atom. The molecular weight excluding hydrogens is 226 g/mol. The van der Waals surface area contributed by atoms with Gasteiger partial charge in [-0.05, 0) is 39.8 Å². The molecule has 1 aromatic rings. The minimum Gasteiger partial charge on any atom is -0.495 e. The van der Waals surface area contributed by atoms with E-state index in [0.29, 0.717) is 6.04 Å². The van der Waals surface area contributed by atoms with Crippen LogP contribution in [0.4, 0.5) is 5.69 Å². The third-order valence-corrected chi connectivity index (χ3v) is 2.17. The SMILES string of the molecule is COc1ccccc1NC(=NC(C)C)NC(C)C. The van der Waals surface area contributed by atoms with Crippen LogP contribution in [0.15, 0.2) is 29.3 Å². The molecule has 0 aliphatic carbocycles. The quantitative estimate of drug-likeness (QED) is 0.637. The van der Waals surface area contributed by atoms with E-state index in [1.54, 1.807) is 7.11 Å². The highest BCUT2D eigenvalue weighted by Crippen LogP contribution is 2.22. The van der Waals surface area contributed by atoms with Crippen molar-refractivity contribution >= 4 is 11.6 Å². The monoisotopic (exact) mass is 249 g/mol. The molecule has 0 spiro atoms. The van der Waals surface area contributed by atoms with Crippen LogP contribution in [0.25, 0.3) is 0 Å². The Kier molecular flexibility index (Phi) is 5.49. The summed E-state index contributed by atoms with van der Waals surface area (Å²) in [5.41, 5.74) is 0.910. The van der Waals surface area contributed by atoms with E-state index >= 15 is 0 Å². The molecular formula is C14H23N3O. The summed E-state index contributed by atoms with van der Waals surface area (Å²) in [4.78, 5) is 4.53. The van der Waals surface area contributed by atoms with E-state index in [1.165, 1.54) is 0 Å². The first-order valence-corrected chi connectivity index (χ1v) is 6.27. The predicted octanol–water partition coefficient (Wildman–Crippen LogP) is 2.87. The van der Waals surface area contributed by atoms with E-state index in [4.69, 9.17) is 4.74 Å². The molecule has 0 aliphatic rings. The Labute approximate surface area is 109 Å². The van der Waals surface area contributed by atoms with Crippen molar-refractivity contribution in [3.05, 3.63) is 24.3 Å². The van der Waals surface area contributed by atoms with E-state index in [0.717, 1.165) is 17.4 Å². The Balaban J connectivity index is 2.89. The maximum absolute atomic E-state index is 5.31. The zero-order chi connectivity index (χ0) is 13.5. The van der Waals surface area contributed by atoms with Gasteiger partial charge in [0.05, 0.1) is 12.8 Å². The zero-order valence-corrected chi connectivity index (χ0v) is 11.8. The number of ether oxygens (including phenoxy) is 1. The average molecular weight is 249 g/mol. The van der Waals surface area contributed by atoms with Gasteiger partial charge in [0, 0.05) is 12.1 Å². The number of nitrogens with one attached hydrogen (secondary N) is 2. The first-order valence-electron chi connectivity index (χ1n) is 6.27. The van der Waals surface area contributed by atoms with Crippen LogP contribution in [-0.2, 0) is 0 Å². The summed E-state index contributed by atoms with van der Waals surface area (Å²) in [5.74, 6) is 1.57. The van der Waals surface area contributed by atoms with Crippen molar-refractivity contribution in [3.8, 4) is 5.75 Å². The molecule has 100 valence electrons. The normalized spacial score (nSPS) is 11.8.